The molecule has 0 radical (unpaired) electrons. The first kappa shape index (κ1) is 15.5. The van der Waals surface area contributed by atoms with Crippen LogP contribution in [0.3, 0.4) is 0 Å². The molecule has 0 saturated carbocycles. The van der Waals surface area contributed by atoms with Crippen molar-refractivity contribution >= 4 is 45.6 Å². The molecular weight excluding hydrogens is 236 g/mol. The fourth-order valence-electron chi connectivity index (χ4n) is 1.31. The summed E-state index contributed by atoms with van der Waals surface area (Å²) in [5.41, 5.74) is 2.18. The Morgan fingerprint density at radius 2 is 1.06 bits per heavy atom. The number of hydrogen-bond acceptors (Lipinski definition) is 4. The number of nitrogens with zero attached hydrogens (tertiary/aromatic N) is 2. The molecule has 0 bridgehead atoms. The summed E-state index contributed by atoms with van der Waals surface area (Å²) < 4.78 is 0. The van der Waals surface area contributed by atoms with Crippen LogP contribution < -0.4 is 0 Å². The lowest BCUT2D eigenvalue weighted by atomic mass is 10.2. The third-order valence-electron chi connectivity index (χ3n) is 1.87. The van der Waals surface area contributed by atoms with Crippen molar-refractivity contribution in [1.82, 2.24) is 0 Å². The minimum atomic E-state index is 0.738. The molecule has 16 heavy (non-hydrogen) atoms. The maximum absolute atomic E-state index is 5.02. The molecule has 0 saturated heterocycles. The largest absolute Gasteiger partial charge is 0.292 e. The minimum absolute atomic E-state index is 0.738. The van der Waals surface area contributed by atoms with Crippen molar-refractivity contribution in [2.75, 3.05) is 13.1 Å². The monoisotopic (exact) mass is 256 g/mol. The lowest BCUT2D eigenvalue weighted by Gasteiger charge is -1.99. The smallest absolute Gasteiger partial charge is 0.0584 e. The van der Waals surface area contributed by atoms with E-state index in [-0.39, 0.29) is 0 Å². The highest BCUT2D eigenvalue weighted by Gasteiger charge is 1.94. The number of rotatable bonds is 7. The van der Waals surface area contributed by atoms with Gasteiger partial charge >= 0.3 is 0 Å². The summed E-state index contributed by atoms with van der Waals surface area (Å²) in [5.74, 6) is 0. The standard InChI is InChI=1S/C12H20N2S2/c1-9(7-11(3)15)13-5-6-14-10(2)8-12(4)16/h5-8H2,1-4H3. The Balaban J connectivity index is 3.89. The molecular formula is C12H20N2S2. The molecule has 0 aromatic rings. The van der Waals surface area contributed by atoms with Gasteiger partial charge in [0.15, 0.2) is 0 Å². The molecule has 0 fully saturated rings. The minimum Gasteiger partial charge on any atom is -0.292 e. The summed E-state index contributed by atoms with van der Waals surface area (Å²) in [6.45, 7) is 9.38. The molecule has 0 spiro atoms. The van der Waals surface area contributed by atoms with Crippen LogP contribution in [-0.4, -0.2) is 34.2 Å². The first-order valence-electron chi connectivity index (χ1n) is 5.40. The van der Waals surface area contributed by atoms with Gasteiger partial charge in [0.05, 0.1) is 13.1 Å². The van der Waals surface area contributed by atoms with Crippen molar-refractivity contribution in [1.29, 1.82) is 0 Å². The molecule has 0 aromatic carbocycles. The Hall–Kier alpha value is -0.480. The van der Waals surface area contributed by atoms with Gasteiger partial charge in [-0.3, -0.25) is 9.98 Å². The second-order valence-corrected chi connectivity index (χ2v) is 5.39. The normalized spacial score (nSPS) is 12.8. The van der Waals surface area contributed by atoms with E-state index in [1.165, 1.54) is 0 Å². The van der Waals surface area contributed by atoms with E-state index in [1.807, 2.05) is 27.7 Å². The van der Waals surface area contributed by atoms with Crippen LogP contribution in [-0.2, 0) is 0 Å². The predicted octanol–water partition coefficient (Wildman–Crippen LogP) is 3.47. The maximum Gasteiger partial charge on any atom is 0.0584 e. The first-order chi connectivity index (χ1) is 7.41. The van der Waals surface area contributed by atoms with E-state index in [1.54, 1.807) is 0 Å². The zero-order valence-electron chi connectivity index (χ0n) is 10.5. The van der Waals surface area contributed by atoms with Crippen LogP contribution in [0, 0.1) is 0 Å². The molecule has 0 unspecified atom stereocenters. The van der Waals surface area contributed by atoms with Gasteiger partial charge in [0.25, 0.3) is 0 Å². The van der Waals surface area contributed by atoms with Crippen molar-refractivity contribution in [2.24, 2.45) is 9.98 Å². The highest BCUT2D eigenvalue weighted by molar-refractivity contribution is 7.80. The van der Waals surface area contributed by atoms with Gasteiger partial charge in [-0.15, -0.1) is 0 Å². The third-order valence-corrected chi connectivity index (χ3v) is 2.16. The summed E-state index contributed by atoms with van der Waals surface area (Å²) in [4.78, 5) is 10.8. The van der Waals surface area contributed by atoms with Gasteiger partial charge in [0.1, 0.15) is 0 Å². The van der Waals surface area contributed by atoms with Crippen molar-refractivity contribution in [3.05, 3.63) is 0 Å². The summed E-state index contributed by atoms with van der Waals surface area (Å²) in [5, 5.41) is 0. The predicted molar refractivity (Wildman–Crippen MR) is 81.7 cm³/mol. The van der Waals surface area contributed by atoms with Crippen molar-refractivity contribution in [3.63, 3.8) is 0 Å². The average Bonchev–Trinajstić information content (AvgIpc) is 2.10. The average molecular weight is 256 g/mol. The third kappa shape index (κ3) is 10.1. The van der Waals surface area contributed by atoms with Crippen molar-refractivity contribution in [3.8, 4) is 0 Å². The van der Waals surface area contributed by atoms with E-state index in [0.29, 0.717) is 0 Å². The Bertz CT molecular complexity index is 285. The van der Waals surface area contributed by atoms with Crippen molar-refractivity contribution < 1.29 is 0 Å². The molecule has 0 amide bonds. The molecule has 0 aliphatic heterocycles. The number of hydrogen-bond donors (Lipinski definition) is 0. The number of aliphatic imine (C=N–C) groups is 2. The molecule has 4 heteroatoms. The van der Waals surface area contributed by atoms with Crippen LogP contribution in [0.2, 0.25) is 0 Å². The van der Waals surface area contributed by atoms with Crippen LogP contribution in [0.25, 0.3) is 0 Å². The van der Waals surface area contributed by atoms with E-state index in [4.69, 9.17) is 24.4 Å². The topological polar surface area (TPSA) is 24.7 Å². The van der Waals surface area contributed by atoms with Crippen LogP contribution in [0.5, 0.6) is 0 Å². The van der Waals surface area contributed by atoms with Crippen LogP contribution >= 0.6 is 24.4 Å². The maximum atomic E-state index is 5.02. The van der Waals surface area contributed by atoms with Gasteiger partial charge in [-0.05, 0) is 37.4 Å². The second kappa shape index (κ2) is 8.65. The van der Waals surface area contributed by atoms with E-state index in [0.717, 1.165) is 47.1 Å². The summed E-state index contributed by atoms with van der Waals surface area (Å²) in [7, 11) is 0. The van der Waals surface area contributed by atoms with Crippen molar-refractivity contribution in [2.45, 2.75) is 40.5 Å². The molecule has 0 aromatic heterocycles. The van der Waals surface area contributed by atoms with E-state index >= 15 is 0 Å². The molecule has 0 rings (SSSR count). The van der Waals surface area contributed by atoms with Gasteiger partial charge in [-0.1, -0.05) is 24.4 Å². The molecule has 2 nitrogen and oxygen atoms in total. The van der Waals surface area contributed by atoms with Gasteiger partial charge in [0, 0.05) is 24.3 Å². The summed E-state index contributed by atoms with van der Waals surface area (Å²) in [6.07, 6.45) is 1.63. The molecule has 0 aliphatic rings. The highest BCUT2D eigenvalue weighted by atomic mass is 32.1. The van der Waals surface area contributed by atoms with E-state index in [2.05, 4.69) is 9.98 Å². The Morgan fingerprint density at radius 1 is 0.750 bits per heavy atom. The fraction of sp³-hybridized carbons (Fsp3) is 0.667. The SMILES string of the molecule is CC(=S)CC(C)=NCCN=C(C)CC(C)=S. The van der Waals surface area contributed by atoms with E-state index in [9.17, 15) is 0 Å². The molecule has 0 heterocycles. The van der Waals surface area contributed by atoms with E-state index < -0.39 is 0 Å². The van der Waals surface area contributed by atoms with Gasteiger partial charge in [-0.2, -0.15) is 0 Å². The molecule has 0 N–H and O–H groups in total. The van der Waals surface area contributed by atoms with Crippen LogP contribution in [0.15, 0.2) is 9.98 Å². The second-order valence-electron chi connectivity index (χ2n) is 3.99. The molecule has 0 atom stereocenters. The first-order valence-corrected chi connectivity index (χ1v) is 6.22. The summed E-state index contributed by atoms with van der Waals surface area (Å²) in [6, 6.07) is 0. The van der Waals surface area contributed by atoms with Gasteiger partial charge in [-0.25, -0.2) is 0 Å². The highest BCUT2D eigenvalue weighted by Crippen LogP contribution is 1.93. The molecule has 90 valence electrons. The Morgan fingerprint density at radius 3 is 1.31 bits per heavy atom. The Kier molecular flexibility index (Phi) is 8.39. The van der Waals surface area contributed by atoms with Crippen LogP contribution in [0.4, 0.5) is 0 Å². The quantitative estimate of drug-likeness (QED) is 0.396. The summed E-state index contributed by atoms with van der Waals surface area (Å²) >= 11 is 10.0. The lowest BCUT2D eigenvalue weighted by molar-refractivity contribution is 0.966. The van der Waals surface area contributed by atoms with Gasteiger partial charge in [0.2, 0.25) is 0 Å². The Labute approximate surface area is 109 Å². The molecule has 0 aliphatic carbocycles. The fourth-order valence-corrected chi connectivity index (χ4v) is 1.73. The zero-order valence-corrected chi connectivity index (χ0v) is 12.2. The lowest BCUT2D eigenvalue weighted by Crippen LogP contribution is -2.03. The van der Waals surface area contributed by atoms with Gasteiger partial charge < -0.3 is 0 Å². The van der Waals surface area contributed by atoms with Crippen LogP contribution in [0.1, 0.15) is 40.5 Å². The zero-order chi connectivity index (χ0) is 12.6. The number of thiocarbonyl (C=S) groups is 2.